The summed E-state index contributed by atoms with van der Waals surface area (Å²) >= 11 is 0. The second-order valence-electron chi connectivity index (χ2n) is 3.51. The molecule has 0 unspecified atom stereocenters. The molecule has 0 aliphatic rings. The summed E-state index contributed by atoms with van der Waals surface area (Å²) in [5.74, 6) is 0.884. The lowest BCUT2D eigenvalue weighted by atomic mass is 10.2. The maximum atomic E-state index is 5.61. The normalized spacial score (nSPS) is 9.31. The lowest BCUT2D eigenvalue weighted by Crippen LogP contribution is -2.00. The summed E-state index contributed by atoms with van der Waals surface area (Å²) in [5.41, 5.74) is 2.46. The molecule has 1 aromatic heterocycles. The fourth-order valence-corrected chi connectivity index (χ4v) is 1.32. The number of nitrogens with one attached hydrogen (secondary N) is 1. The fourth-order valence-electron chi connectivity index (χ4n) is 1.32. The van der Waals surface area contributed by atoms with Gasteiger partial charge in [-0.1, -0.05) is 29.8 Å². The highest BCUT2D eigenvalue weighted by atomic mass is 16.5. The average Bonchev–Trinajstić information content (AvgIpc) is 2.30. The van der Waals surface area contributed by atoms with Crippen LogP contribution in [0, 0.1) is 6.92 Å². The quantitative estimate of drug-likeness (QED) is 0.791. The molecule has 1 heterocycles. The van der Waals surface area contributed by atoms with E-state index in [2.05, 4.69) is 36.2 Å². The number of ether oxygens (including phenoxy) is 1. The summed E-state index contributed by atoms with van der Waals surface area (Å²) in [5, 5.41) is 0. The van der Waals surface area contributed by atoms with E-state index in [4.69, 9.17) is 4.74 Å². The first-order valence-electron chi connectivity index (χ1n) is 4.99. The second kappa shape index (κ2) is 5.88. The molecule has 3 heteroatoms. The van der Waals surface area contributed by atoms with Crippen molar-refractivity contribution >= 4 is 0 Å². The Kier molecular flexibility index (Phi) is 4.48. The van der Waals surface area contributed by atoms with E-state index >= 15 is 0 Å². The first-order chi connectivity index (χ1) is 7.34. The number of aromatic nitrogens is 1. The highest BCUT2D eigenvalue weighted by Gasteiger charge is 1.95. The van der Waals surface area contributed by atoms with Gasteiger partial charge in [0.05, 0.1) is 0 Å². The molecule has 3 nitrogen and oxygen atoms in total. The van der Waals surface area contributed by atoms with Crippen molar-refractivity contribution < 1.29 is 15.2 Å². The van der Waals surface area contributed by atoms with E-state index in [1.807, 2.05) is 24.5 Å². The molecule has 0 spiro atoms. The zero-order chi connectivity index (χ0) is 10.5. The van der Waals surface area contributed by atoms with E-state index in [1.165, 1.54) is 11.1 Å². The van der Waals surface area contributed by atoms with Crippen LogP contribution < -0.4 is 9.72 Å². The molecular weight excluding hydrogens is 202 g/mol. The lowest BCUT2D eigenvalue weighted by Gasteiger charge is -2.04. The van der Waals surface area contributed by atoms with Crippen molar-refractivity contribution in [3.05, 3.63) is 59.9 Å². The zero-order valence-corrected chi connectivity index (χ0v) is 9.18. The van der Waals surface area contributed by atoms with Crippen LogP contribution in [0.5, 0.6) is 5.75 Å². The van der Waals surface area contributed by atoms with Gasteiger partial charge in [-0.25, -0.2) is 4.98 Å². The highest BCUT2D eigenvalue weighted by molar-refractivity contribution is 5.22. The topological polar surface area (TPSA) is 53.4 Å². The van der Waals surface area contributed by atoms with Crippen LogP contribution in [-0.4, -0.2) is 5.48 Å². The molecule has 16 heavy (non-hydrogen) atoms. The molecule has 0 radical (unpaired) electrons. The summed E-state index contributed by atoms with van der Waals surface area (Å²) in [6.07, 6.45) is 3.70. The van der Waals surface area contributed by atoms with Gasteiger partial charge in [0.1, 0.15) is 12.4 Å². The number of aromatic amines is 1. The summed E-state index contributed by atoms with van der Waals surface area (Å²) in [6.45, 7) is 2.70. The fraction of sp³-hybridized carbons (Fsp3) is 0.154. The van der Waals surface area contributed by atoms with Crippen molar-refractivity contribution in [3.63, 3.8) is 0 Å². The lowest BCUT2D eigenvalue weighted by molar-refractivity contribution is -0.378. The molecule has 84 valence electrons. The molecule has 0 atom stereocenters. The third kappa shape index (κ3) is 3.37. The van der Waals surface area contributed by atoms with Crippen LogP contribution in [-0.2, 0) is 6.61 Å². The van der Waals surface area contributed by atoms with E-state index in [0.29, 0.717) is 6.61 Å². The van der Waals surface area contributed by atoms with Crippen LogP contribution in [0.15, 0.2) is 48.8 Å². The van der Waals surface area contributed by atoms with Crippen molar-refractivity contribution in [2.75, 3.05) is 0 Å². The van der Waals surface area contributed by atoms with Gasteiger partial charge in [0, 0.05) is 12.1 Å². The van der Waals surface area contributed by atoms with Gasteiger partial charge in [-0.15, -0.1) is 0 Å². The Morgan fingerprint density at radius 3 is 2.25 bits per heavy atom. The van der Waals surface area contributed by atoms with Crippen LogP contribution in [0.25, 0.3) is 0 Å². The van der Waals surface area contributed by atoms with E-state index < -0.39 is 0 Å². The number of benzene rings is 1. The Morgan fingerprint density at radius 1 is 1.00 bits per heavy atom. The summed E-state index contributed by atoms with van der Waals surface area (Å²) in [7, 11) is 0. The van der Waals surface area contributed by atoms with Crippen LogP contribution in [0.2, 0.25) is 0 Å². The third-order valence-electron chi connectivity index (χ3n) is 2.21. The maximum absolute atomic E-state index is 5.61. The Morgan fingerprint density at radius 2 is 1.62 bits per heavy atom. The minimum absolute atomic E-state index is 0. The van der Waals surface area contributed by atoms with Crippen molar-refractivity contribution in [1.82, 2.24) is 0 Å². The first kappa shape index (κ1) is 12.2. The number of H-pyrrole nitrogens is 1. The summed E-state index contributed by atoms with van der Waals surface area (Å²) in [6, 6.07) is 12.2. The first-order valence-corrected chi connectivity index (χ1v) is 4.99. The predicted octanol–water partition coefficient (Wildman–Crippen LogP) is 2.21. The summed E-state index contributed by atoms with van der Waals surface area (Å²) in [4.78, 5) is 2.96. The Bertz CT molecular complexity index is 412. The number of rotatable bonds is 3. The highest BCUT2D eigenvalue weighted by Crippen LogP contribution is 2.10. The molecule has 1 aromatic carbocycles. The van der Waals surface area contributed by atoms with Gasteiger partial charge in [-0.2, -0.15) is 0 Å². The molecular formula is C13H15NO2. The van der Waals surface area contributed by atoms with Gasteiger partial charge in [0.2, 0.25) is 0 Å². The van der Waals surface area contributed by atoms with Crippen molar-refractivity contribution in [1.29, 1.82) is 0 Å². The standard InChI is InChI=1S/C13H13NO.H2O/c1-11-2-4-12(5-3-11)10-15-13-6-8-14-9-7-13;/h2-9H,10H2,1H3;1H2. The van der Waals surface area contributed by atoms with Crippen LogP contribution >= 0.6 is 0 Å². The van der Waals surface area contributed by atoms with Gasteiger partial charge in [0.25, 0.3) is 0 Å². The predicted molar refractivity (Wildman–Crippen MR) is 60.4 cm³/mol. The molecule has 2 N–H and O–H groups in total. The van der Waals surface area contributed by atoms with E-state index in [9.17, 15) is 0 Å². The van der Waals surface area contributed by atoms with Gasteiger partial charge < -0.3 is 10.2 Å². The summed E-state index contributed by atoms with van der Waals surface area (Å²) < 4.78 is 5.61. The van der Waals surface area contributed by atoms with Crippen LogP contribution in [0.4, 0.5) is 0 Å². The van der Waals surface area contributed by atoms with Gasteiger partial charge in [0.15, 0.2) is 12.4 Å². The molecule has 0 saturated heterocycles. The monoisotopic (exact) mass is 217 g/mol. The molecule has 2 rings (SSSR count). The van der Waals surface area contributed by atoms with Crippen molar-refractivity contribution in [3.8, 4) is 5.75 Å². The van der Waals surface area contributed by atoms with Crippen LogP contribution in [0.1, 0.15) is 11.1 Å². The average molecular weight is 217 g/mol. The van der Waals surface area contributed by atoms with Gasteiger partial charge in [-0.3, -0.25) is 0 Å². The largest absolute Gasteiger partial charge is 0.870 e. The molecule has 0 bridgehead atoms. The number of hydrogen-bond acceptors (Lipinski definition) is 2. The van der Waals surface area contributed by atoms with E-state index in [-0.39, 0.29) is 5.48 Å². The maximum Gasteiger partial charge on any atom is 0.170 e. The molecule has 0 saturated carbocycles. The Hall–Kier alpha value is -1.87. The third-order valence-corrected chi connectivity index (χ3v) is 2.21. The molecule has 2 aromatic rings. The Labute approximate surface area is 95.0 Å². The SMILES string of the molecule is Cc1ccc(COc2cc[nH+]cc2)cc1.[OH-]. The van der Waals surface area contributed by atoms with E-state index in [0.717, 1.165) is 5.75 Å². The van der Waals surface area contributed by atoms with Crippen molar-refractivity contribution in [2.24, 2.45) is 0 Å². The van der Waals surface area contributed by atoms with Gasteiger partial charge in [-0.05, 0) is 12.5 Å². The van der Waals surface area contributed by atoms with Gasteiger partial charge >= 0.3 is 0 Å². The number of hydrogen-bond donors (Lipinski definition) is 0. The molecule has 0 fully saturated rings. The Balaban J connectivity index is 0.00000128. The second-order valence-corrected chi connectivity index (χ2v) is 3.51. The minimum Gasteiger partial charge on any atom is -0.870 e. The number of pyridine rings is 1. The smallest absolute Gasteiger partial charge is 0.170 e. The van der Waals surface area contributed by atoms with E-state index in [1.54, 1.807) is 0 Å². The zero-order valence-electron chi connectivity index (χ0n) is 9.18. The minimum atomic E-state index is 0. The molecule has 0 aliphatic heterocycles. The van der Waals surface area contributed by atoms with Crippen LogP contribution in [0.3, 0.4) is 0 Å². The molecule has 0 aliphatic carbocycles. The van der Waals surface area contributed by atoms with Crippen molar-refractivity contribution in [2.45, 2.75) is 13.5 Å². The number of aryl methyl sites for hydroxylation is 1. The molecule has 0 amide bonds.